The molecular formula is C16H14N4O2. The summed E-state index contributed by atoms with van der Waals surface area (Å²) in [6, 6.07) is 16.2. The zero-order valence-electron chi connectivity index (χ0n) is 11.9. The number of rotatable bonds is 4. The molecule has 0 amide bonds. The Kier molecular flexibility index (Phi) is 3.67. The van der Waals surface area contributed by atoms with Crippen molar-refractivity contribution in [2.24, 2.45) is 0 Å². The van der Waals surface area contributed by atoms with E-state index in [4.69, 9.17) is 5.21 Å². The number of aryl methyl sites for hydroxylation is 1. The van der Waals surface area contributed by atoms with Crippen molar-refractivity contribution < 1.29 is 10.0 Å². The number of benzene rings is 2. The Morgan fingerprint density at radius 3 is 2.50 bits per heavy atom. The summed E-state index contributed by atoms with van der Waals surface area (Å²) in [6.07, 6.45) is 0. The molecule has 0 aliphatic heterocycles. The zero-order valence-corrected chi connectivity index (χ0v) is 11.9. The molecule has 0 aliphatic carbocycles. The summed E-state index contributed by atoms with van der Waals surface area (Å²) < 4.78 is 0. The van der Waals surface area contributed by atoms with E-state index in [0.717, 1.165) is 4.79 Å². The third-order valence-corrected chi connectivity index (χ3v) is 3.40. The Labute approximate surface area is 127 Å². The molecule has 3 rings (SSSR count). The maximum absolute atomic E-state index is 12.7. The summed E-state index contributed by atoms with van der Waals surface area (Å²) >= 11 is 0. The lowest BCUT2D eigenvalue weighted by atomic mass is 9.96. The van der Waals surface area contributed by atoms with Gasteiger partial charge >= 0.3 is 0 Å². The minimum atomic E-state index is -0.0960. The normalized spacial score (nSPS) is 10.5. The van der Waals surface area contributed by atoms with Gasteiger partial charge in [-0.3, -0.25) is 10.0 Å². The molecule has 0 atom stereocenters. The van der Waals surface area contributed by atoms with Crippen molar-refractivity contribution in [1.29, 1.82) is 0 Å². The molecule has 22 heavy (non-hydrogen) atoms. The molecule has 0 saturated carbocycles. The zero-order chi connectivity index (χ0) is 15.5. The number of hydrogen-bond acceptors (Lipinski definition) is 5. The van der Waals surface area contributed by atoms with Crippen LogP contribution in [0.25, 0.3) is 11.3 Å². The van der Waals surface area contributed by atoms with Crippen LogP contribution in [0.15, 0.2) is 54.6 Å². The largest absolute Gasteiger partial charge is 0.289 e. The average molecular weight is 294 g/mol. The molecule has 6 heteroatoms. The highest BCUT2D eigenvalue weighted by atomic mass is 16.5. The maximum Gasteiger partial charge on any atom is 0.193 e. The molecule has 0 bridgehead atoms. The highest BCUT2D eigenvalue weighted by Gasteiger charge is 2.19. The third kappa shape index (κ3) is 2.36. The number of carbonyl (C=O) groups excluding carboxylic acids is 1. The van der Waals surface area contributed by atoms with Crippen LogP contribution in [-0.2, 0) is 0 Å². The van der Waals surface area contributed by atoms with Crippen molar-refractivity contribution in [3.8, 4) is 11.3 Å². The van der Waals surface area contributed by atoms with Gasteiger partial charge in [0.25, 0.3) is 0 Å². The van der Waals surface area contributed by atoms with Crippen LogP contribution in [0, 0.1) is 6.92 Å². The predicted octanol–water partition coefficient (Wildman–Crippen LogP) is 2.42. The SMILES string of the molecule is Cc1nnn(NO)c1-c1ccccc1C(=O)c1ccccc1. The van der Waals surface area contributed by atoms with Crippen LogP contribution in [0.4, 0.5) is 0 Å². The summed E-state index contributed by atoms with van der Waals surface area (Å²) in [4.78, 5) is 13.9. The van der Waals surface area contributed by atoms with E-state index in [1.807, 2.05) is 29.9 Å². The Balaban J connectivity index is 2.15. The second-order valence-corrected chi connectivity index (χ2v) is 4.78. The topological polar surface area (TPSA) is 80.0 Å². The number of carbonyl (C=O) groups is 1. The predicted molar refractivity (Wildman–Crippen MR) is 81.2 cm³/mol. The summed E-state index contributed by atoms with van der Waals surface area (Å²) in [5, 5.41) is 16.9. The minimum absolute atomic E-state index is 0.0960. The van der Waals surface area contributed by atoms with Gasteiger partial charge in [-0.25, -0.2) is 0 Å². The molecular weight excluding hydrogens is 280 g/mol. The molecule has 1 heterocycles. The van der Waals surface area contributed by atoms with Crippen molar-refractivity contribution in [3.05, 3.63) is 71.4 Å². The number of hydrogen-bond donors (Lipinski definition) is 2. The van der Waals surface area contributed by atoms with Crippen LogP contribution < -0.4 is 5.59 Å². The standard InChI is InChI=1S/C16H14N4O2/c1-11-15(20(19-22)18-17-11)13-9-5-6-10-14(13)16(21)12-7-3-2-4-8-12/h2-10,19,22H,1H3. The van der Waals surface area contributed by atoms with Gasteiger partial charge in [0.2, 0.25) is 0 Å². The molecule has 1 aromatic heterocycles. The molecule has 3 aromatic rings. The number of ketones is 1. The van der Waals surface area contributed by atoms with E-state index in [9.17, 15) is 4.79 Å². The Bertz CT molecular complexity index is 812. The van der Waals surface area contributed by atoms with Gasteiger partial charge in [-0.15, -0.1) is 9.89 Å². The molecule has 0 unspecified atom stereocenters. The van der Waals surface area contributed by atoms with E-state index in [1.165, 1.54) is 0 Å². The minimum Gasteiger partial charge on any atom is -0.289 e. The highest BCUT2D eigenvalue weighted by molar-refractivity contribution is 6.12. The summed E-state index contributed by atoms with van der Waals surface area (Å²) in [6.45, 7) is 1.76. The summed E-state index contributed by atoms with van der Waals surface area (Å²) in [7, 11) is 0. The lowest BCUT2D eigenvalue weighted by molar-refractivity contribution is 0.103. The monoisotopic (exact) mass is 294 g/mol. The fourth-order valence-electron chi connectivity index (χ4n) is 2.37. The second kappa shape index (κ2) is 5.79. The van der Waals surface area contributed by atoms with Gasteiger partial charge in [-0.05, 0) is 12.1 Å². The van der Waals surface area contributed by atoms with E-state index in [2.05, 4.69) is 10.3 Å². The molecule has 0 fully saturated rings. The van der Waals surface area contributed by atoms with Crippen molar-refractivity contribution in [1.82, 2.24) is 15.1 Å². The fourth-order valence-corrected chi connectivity index (χ4v) is 2.37. The van der Waals surface area contributed by atoms with Gasteiger partial charge in [0, 0.05) is 16.7 Å². The first-order valence-electron chi connectivity index (χ1n) is 6.74. The molecule has 2 N–H and O–H groups in total. The van der Waals surface area contributed by atoms with Crippen molar-refractivity contribution in [2.75, 3.05) is 5.59 Å². The summed E-state index contributed by atoms with van der Waals surface area (Å²) in [5.41, 5.74) is 4.88. The van der Waals surface area contributed by atoms with Crippen molar-refractivity contribution >= 4 is 5.78 Å². The van der Waals surface area contributed by atoms with Crippen LogP contribution >= 0.6 is 0 Å². The lowest BCUT2D eigenvalue weighted by Gasteiger charge is -2.10. The molecule has 0 aliphatic rings. The van der Waals surface area contributed by atoms with Crippen LogP contribution in [-0.4, -0.2) is 26.1 Å². The van der Waals surface area contributed by atoms with E-state index >= 15 is 0 Å². The first kappa shape index (κ1) is 14.0. The quantitative estimate of drug-likeness (QED) is 0.570. The lowest BCUT2D eigenvalue weighted by Crippen LogP contribution is -2.14. The van der Waals surface area contributed by atoms with E-state index in [-0.39, 0.29) is 5.78 Å². The van der Waals surface area contributed by atoms with Crippen molar-refractivity contribution in [3.63, 3.8) is 0 Å². The third-order valence-electron chi connectivity index (χ3n) is 3.40. The van der Waals surface area contributed by atoms with Crippen LogP contribution in [0.3, 0.4) is 0 Å². The number of nitrogens with zero attached hydrogens (tertiary/aromatic N) is 3. The smallest absolute Gasteiger partial charge is 0.193 e. The second-order valence-electron chi connectivity index (χ2n) is 4.78. The van der Waals surface area contributed by atoms with Gasteiger partial charge in [0.05, 0.1) is 5.69 Å². The van der Waals surface area contributed by atoms with E-state index < -0.39 is 0 Å². The molecule has 0 spiro atoms. The fraction of sp³-hybridized carbons (Fsp3) is 0.0625. The van der Waals surface area contributed by atoms with Gasteiger partial charge in [0.1, 0.15) is 5.69 Å². The molecule has 0 radical (unpaired) electrons. The molecule has 110 valence electrons. The Morgan fingerprint density at radius 1 is 1.09 bits per heavy atom. The first-order chi connectivity index (χ1) is 10.7. The van der Waals surface area contributed by atoms with Crippen LogP contribution in [0.1, 0.15) is 21.6 Å². The molecule has 0 saturated heterocycles. The van der Waals surface area contributed by atoms with E-state index in [1.54, 1.807) is 37.3 Å². The Morgan fingerprint density at radius 2 is 1.77 bits per heavy atom. The van der Waals surface area contributed by atoms with Crippen LogP contribution in [0.5, 0.6) is 0 Å². The van der Waals surface area contributed by atoms with Gasteiger partial charge in [-0.2, -0.15) is 5.59 Å². The van der Waals surface area contributed by atoms with Gasteiger partial charge in [-0.1, -0.05) is 54.6 Å². The highest BCUT2D eigenvalue weighted by Crippen LogP contribution is 2.26. The molecule has 6 nitrogen and oxygen atoms in total. The average Bonchev–Trinajstić information content (AvgIpc) is 2.95. The Hall–Kier alpha value is -2.99. The number of aromatic nitrogens is 3. The van der Waals surface area contributed by atoms with Gasteiger partial charge in [0.15, 0.2) is 5.78 Å². The summed E-state index contributed by atoms with van der Waals surface area (Å²) in [5.74, 6) is -0.0960. The van der Waals surface area contributed by atoms with E-state index in [0.29, 0.717) is 28.1 Å². The maximum atomic E-state index is 12.7. The first-order valence-corrected chi connectivity index (χ1v) is 6.74. The number of nitrogens with one attached hydrogen (secondary N) is 1. The van der Waals surface area contributed by atoms with Crippen molar-refractivity contribution in [2.45, 2.75) is 6.92 Å². The van der Waals surface area contributed by atoms with Crippen LogP contribution in [0.2, 0.25) is 0 Å². The molecule has 2 aromatic carbocycles. The van der Waals surface area contributed by atoms with Gasteiger partial charge < -0.3 is 0 Å².